The molecule has 1 aromatic heterocycles. The number of phenolic OH excluding ortho intramolecular Hbond substituents is 1. The van der Waals surface area contributed by atoms with Crippen molar-refractivity contribution in [3.63, 3.8) is 0 Å². The highest BCUT2D eigenvalue weighted by Gasteiger charge is 2.53. The first-order valence-electron chi connectivity index (χ1n) is 15.0. The fourth-order valence-corrected chi connectivity index (χ4v) is 7.87. The number of esters is 1. The molecule has 0 bridgehead atoms. The van der Waals surface area contributed by atoms with Crippen molar-refractivity contribution in [1.82, 2.24) is 10.3 Å². The van der Waals surface area contributed by atoms with Gasteiger partial charge in [-0.25, -0.2) is 4.98 Å². The molecule has 2 aliphatic carbocycles. The number of aromatic hydroxyl groups is 1. The Bertz CT molecular complexity index is 1560. The molecule has 7 rings (SSSR count). The van der Waals surface area contributed by atoms with Crippen molar-refractivity contribution in [2.24, 2.45) is 11.8 Å². The molecule has 3 N–H and O–H groups in total. The second-order valence-corrected chi connectivity index (χ2v) is 12.6. The summed E-state index contributed by atoms with van der Waals surface area (Å²) in [4.78, 5) is 30.9. The Balaban J connectivity index is 1.23. The first kappa shape index (κ1) is 28.6. The standard InChI is InChI=1S/C32H35N3O8S/c1-39-24-8-16(9-25(40-2)30(24)37)27-19-11-22-23(43-15-42-22)12-20(19)29(21-13-41-31(38)28(21)27)35-32-34-18(14-44-32)10-26(36)33-17-6-4-3-5-7-17/h8-9,11-12,14,17,21,27-29,37H,3-7,10,13,15H2,1-2H3,(H,33,36)(H,34,35)/t21-,27+,28-,29+/m0/s1. The molecule has 3 heterocycles. The molecule has 12 heteroatoms. The van der Waals surface area contributed by atoms with Gasteiger partial charge >= 0.3 is 5.97 Å². The number of nitrogens with one attached hydrogen (secondary N) is 2. The third-order valence-electron chi connectivity index (χ3n) is 9.19. The van der Waals surface area contributed by atoms with E-state index in [-0.39, 0.29) is 66.9 Å². The zero-order valence-electron chi connectivity index (χ0n) is 24.6. The summed E-state index contributed by atoms with van der Waals surface area (Å²) in [6.45, 7) is 0.329. The predicted octanol–water partition coefficient (Wildman–Crippen LogP) is 4.67. The van der Waals surface area contributed by atoms with Gasteiger partial charge in [0.25, 0.3) is 0 Å². The number of hydrogen-bond acceptors (Lipinski definition) is 11. The largest absolute Gasteiger partial charge is 0.502 e. The van der Waals surface area contributed by atoms with Crippen LogP contribution in [0.5, 0.6) is 28.7 Å². The van der Waals surface area contributed by atoms with Crippen LogP contribution in [0.1, 0.15) is 66.4 Å². The second kappa shape index (κ2) is 11.7. The van der Waals surface area contributed by atoms with Crippen molar-refractivity contribution in [1.29, 1.82) is 0 Å². The molecular formula is C32H35N3O8S. The van der Waals surface area contributed by atoms with E-state index in [0.29, 0.717) is 22.3 Å². The zero-order chi connectivity index (χ0) is 30.4. The summed E-state index contributed by atoms with van der Waals surface area (Å²) in [5, 5.41) is 19.9. The van der Waals surface area contributed by atoms with E-state index in [0.717, 1.165) is 42.4 Å². The number of carbonyl (C=O) groups is 2. The molecule has 0 spiro atoms. The highest BCUT2D eigenvalue weighted by molar-refractivity contribution is 7.13. The molecule has 2 fully saturated rings. The SMILES string of the molecule is COc1cc([C@@H]2c3cc4c(cc3[C@@H](Nc3nc(CC(=O)NC5CCCCC5)cs3)[C@H]3COC(=O)[C@H]23)OCO4)cc(OC)c1O. The Kier molecular flexibility index (Phi) is 7.61. The van der Waals surface area contributed by atoms with Gasteiger partial charge in [0.05, 0.1) is 44.9 Å². The average molecular weight is 622 g/mol. The maximum Gasteiger partial charge on any atom is 0.310 e. The molecule has 4 atom stereocenters. The Labute approximate surface area is 258 Å². The summed E-state index contributed by atoms with van der Waals surface area (Å²) in [5.41, 5.74) is 3.23. The number of fused-ring (bicyclic) bond motifs is 3. The summed E-state index contributed by atoms with van der Waals surface area (Å²) in [6, 6.07) is 7.27. The lowest BCUT2D eigenvalue weighted by Crippen LogP contribution is -2.37. The van der Waals surface area contributed by atoms with Crippen LogP contribution in [0.3, 0.4) is 0 Å². The zero-order valence-corrected chi connectivity index (χ0v) is 25.4. The van der Waals surface area contributed by atoms with E-state index in [4.69, 9.17) is 28.7 Å². The molecule has 2 aliphatic heterocycles. The number of phenols is 1. The molecule has 0 unspecified atom stereocenters. The minimum absolute atomic E-state index is 0.0121. The van der Waals surface area contributed by atoms with E-state index in [1.807, 2.05) is 17.5 Å². The number of methoxy groups -OCH3 is 2. The van der Waals surface area contributed by atoms with E-state index < -0.39 is 11.8 Å². The number of hydrogen-bond donors (Lipinski definition) is 3. The van der Waals surface area contributed by atoms with Crippen LogP contribution < -0.4 is 29.6 Å². The summed E-state index contributed by atoms with van der Waals surface area (Å²) in [7, 11) is 2.94. The highest BCUT2D eigenvalue weighted by atomic mass is 32.1. The summed E-state index contributed by atoms with van der Waals surface area (Å²) in [5.74, 6) is 0.0538. The number of carbonyl (C=O) groups excluding carboxylic acids is 2. The normalized spacial score (nSPS) is 23.8. The van der Waals surface area contributed by atoms with Gasteiger partial charge in [0.2, 0.25) is 18.4 Å². The molecule has 1 amide bonds. The Morgan fingerprint density at radius 2 is 1.73 bits per heavy atom. The first-order chi connectivity index (χ1) is 21.4. The van der Waals surface area contributed by atoms with Crippen LogP contribution >= 0.6 is 11.3 Å². The van der Waals surface area contributed by atoms with Gasteiger partial charge in [0.1, 0.15) is 0 Å². The number of anilines is 1. The molecular weight excluding hydrogens is 586 g/mol. The van der Waals surface area contributed by atoms with E-state index in [2.05, 4.69) is 10.6 Å². The minimum Gasteiger partial charge on any atom is -0.502 e. The number of nitrogens with zero attached hydrogens (tertiary/aromatic N) is 1. The van der Waals surface area contributed by atoms with Gasteiger partial charge in [-0.2, -0.15) is 0 Å². The summed E-state index contributed by atoms with van der Waals surface area (Å²) in [6.07, 6.45) is 5.82. The molecule has 3 aromatic rings. The van der Waals surface area contributed by atoms with E-state index in [9.17, 15) is 14.7 Å². The van der Waals surface area contributed by atoms with Crippen molar-refractivity contribution < 1.29 is 38.4 Å². The van der Waals surface area contributed by atoms with Crippen molar-refractivity contribution in [3.8, 4) is 28.7 Å². The van der Waals surface area contributed by atoms with Crippen molar-refractivity contribution in [3.05, 3.63) is 52.0 Å². The number of cyclic esters (lactones) is 1. The lowest BCUT2D eigenvalue weighted by atomic mass is 9.65. The van der Waals surface area contributed by atoms with Crippen molar-refractivity contribution in [2.75, 3.05) is 32.9 Å². The molecule has 1 saturated carbocycles. The molecule has 0 radical (unpaired) electrons. The monoisotopic (exact) mass is 621 g/mol. The quantitative estimate of drug-likeness (QED) is 0.304. The molecule has 232 valence electrons. The fraction of sp³-hybridized carbons (Fsp3) is 0.469. The van der Waals surface area contributed by atoms with Crippen LogP contribution in [0.4, 0.5) is 5.13 Å². The third-order valence-corrected chi connectivity index (χ3v) is 10.0. The van der Waals surface area contributed by atoms with Gasteiger partial charge in [0.15, 0.2) is 28.1 Å². The second-order valence-electron chi connectivity index (χ2n) is 11.8. The van der Waals surface area contributed by atoms with Crippen LogP contribution in [0.25, 0.3) is 0 Å². The van der Waals surface area contributed by atoms with Crippen LogP contribution in [-0.4, -0.2) is 55.6 Å². The summed E-state index contributed by atoms with van der Waals surface area (Å²) >= 11 is 1.43. The Hall–Kier alpha value is -4.19. The third kappa shape index (κ3) is 5.14. The van der Waals surface area contributed by atoms with Crippen LogP contribution in [0, 0.1) is 11.8 Å². The van der Waals surface area contributed by atoms with Crippen LogP contribution in [-0.2, 0) is 20.7 Å². The average Bonchev–Trinajstić information content (AvgIpc) is 3.77. The molecule has 2 aromatic carbocycles. The smallest absolute Gasteiger partial charge is 0.310 e. The van der Waals surface area contributed by atoms with Gasteiger partial charge in [0, 0.05) is 23.3 Å². The number of ether oxygens (including phenoxy) is 5. The molecule has 11 nitrogen and oxygen atoms in total. The van der Waals surface area contributed by atoms with Gasteiger partial charge in [-0.3, -0.25) is 9.59 Å². The highest BCUT2D eigenvalue weighted by Crippen LogP contribution is 2.56. The molecule has 4 aliphatic rings. The van der Waals surface area contributed by atoms with Crippen LogP contribution in [0.2, 0.25) is 0 Å². The van der Waals surface area contributed by atoms with Gasteiger partial charge < -0.3 is 39.4 Å². The van der Waals surface area contributed by atoms with Gasteiger partial charge in [-0.05, 0) is 53.8 Å². The van der Waals surface area contributed by atoms with Gasteiger partial charge in [-0.1, -0.05) is 19.3 Å². The minimum atomic E-state index is -0.542. The molecule has 1 saturated heterocycles. The first-order valence-corrected chi connectivity index (χ1v) is 15.9. The van der Waals surface area contributed by atoms with Crippen molar-refractivity contribution in [2.45, 2.75) is 56.5 Å². The number of amides is 1. The number of thiazole rings is 1. The topological polar surface area (TPSA) is 137 Å². The number of aromatic nitrogens is 1. The lowest BCUT2D eigenvalue weighted by Gasteiger charge is -2.39. The Morgan fingerprint density at radius 3 is 2.43 bits per heavy atom. The maximum atomic E-state index is 13.4. The molecule has 44 heavy (non-hydrogen) atoms. The summed E-state index contributed by atoms with van der Waals surface area (Å²) < 4.78 is 28.1. The van der Waals surface area contributed by atoms with E-state index in [1.165, 1.54) is 32.0 Å². The maximum absolute atomic E-state index is 13.4. The van der Waals surface area contributed by atoms with Crippen molar-refractivity contribution >= 4 is 28.3 Å². The van der Waals surface area contributed by atoms with E-state index >= 15 is 0 Å². The lowest BCUT2D eigenvalue weighted by molar-refractivity contribution is -0.141. The predicted molar refractivity (Wildman–Crippen MR) is 161 cm³/mol. The number of rotatable bonds is 8. The fourth-order valence-electron chi connectivity index (χ4n) is 7.12. The Morgan fingerprint density at radius 1 is 1.02 bits per heavy atom. The van der Waals surface area contributed by atoms with Crippen LogP contribution in [0.15, 0.2) is 29.6 Å². The van der Waals surface area contributed by atoms with Gasteiger partial charge in [-0.15, -0.1) is 11.3 Å². The number of benzene rings is 2. The van der Waals surface area contributed by atoms with E-state index in [1.54, 1.807) is 12.1 Å².